The van der Waals surface area contributed by atoms with Gasteiger partial charge in [-0.25, -0.2) is 17.6 Å². The first-order chi connectivity index (χ1) is 78.4. The molecule has 4 N–H and O–H groups in total. The molecule has 0 aliphatic carbocycles. The van der Waals surface area contributed by atoms with E-state index in [-0.39, 0.29) is 181 Å². The second-order valence-corrected chi connectivity index (χ2v) is 28.2. The van der Waals surface area contributed by atoms with E-state index in [1.54, 1.807) is 26.0 Å². The number of halogens is 4. The van der Waals surface area contributed by atoms with Gasteiger partial charge in [-0.1, -0.05) is 24.2 Å². The van der Waals surface area contributed by atoms with Crippen molar-refractivity contribution in [3.63, 3.8) is 0 Å². The summed E-state index contributed by atoms with van der Waals surface area (Å²) in [6, 6.07) is 8.68. The highest BCUT2D eigenvalue weighted by Crippen LogP contribution is 2.40. The summed E-state index contributed by atoms with van der Waals surface area (Å²) in [5.41, 5.74) is -0.467. The number of carbonyl (C=O) groups excluding carboxylic acids is 4. The van der Waals surface area contributed by atoms with Crippen molar-refractivity contribution in [2.45, 2.75) is 81.0 Å². The number of carbonyl (C=O) groups is 4. The van der Waals surface area contributed by atoms with Crippen LogP contribution in [0.1, 0.15) is 146 Å². The van der Waals surface area contributed by atoms with Gasteiger partial charge in [0.15, 0.2) is 23.1 Å². The third-order valence-electron chi connectivity index (χ3n) is 18.0. The fraction of sp³-hybridized carbons (Fsp3) is 0.269. The van der Waals surface area contributed by atoms with Crippen molar-refractivity contribution < 1.29 is 108 Å². The van der Waals surface area contributed by atoms with Crippen molar-refractivity contribution in [2.24, 2.45) is 0 Å². The smallest absolute Gasteiger partial charge is 0.159 e. The number of rotatable bonds is 36. The van der Waals surface area contributed by atoms with Gasteiger partial charge in [0, 0.05) is 192 Å². The first-order valence-electron chi connectivity index (χ1n) is 58.3. The lowest BCUT2D eigenvalue weighted by atomic mass is 10.0. The summed E-state index contributed by atoms with van der Waals surface area (Å²) in [5, 5.41) is 51.1. The highest BCUT2D eigenvalue weighted by atomic mass is 19.1. The lowest BCUT2D eigenvalue weighted by Crippen LogP contribution is -2.11. The molecule has 132 heavy (non-hydrogen) atoms. The zero-order valence-electron chi connectivity index (χ0n) is 111. The van der Waals surface area contributed by atoms with E-state index >= 15 is 0 Å². The zero-order valence-corrected chi connectivity index (χ0v) is 72.8. The minimum atomic E-state index is -3.32. The third kappa shape index (κ3) is 28.5. The normalized spacial score (nSPS) is 16.6. The number of aromatic nitrogens is 4. The Balaban J connectivity index is 0.000000249. The summed E-state index contributed by atoms with van der Waals surface area (Å²) in [5.74, 6) is -7.15. The van der Waals surface area contributed by atoms with E-state index in [0.717, 1.165) is 52.6 Å². The Morgan fingerprint density at radius 1 is 0.417 bits per heavy atom. The number of likely N-dealkylation sites (N-methyl/N-ethyl adjacent to an activating group) is 4. The fourth-order valence-electron chi connectivity index (χ4n) is 12.0. The molecule has 0 unspecified atom stereocenters. The van der Waals surface area contributed by atoms with E-state index in [1.807, 2.05) is 43.3 Å². The number of fused-ring (bicyclic) bond motifs is 4. The monoisotopic (exact) mass is 1820 g/mol. The number of pyridine rings is 4. The fourth-order valence-corrected chi connectivity index (χ4v) is 12.0. The van der Waals surface area contributed by atoms with E-state index < -0.39 is 210 Å². The summed E-state index contributed by atoms with van der Waals surface area (Å²) in [4.78, 5) is 71.6. The van der Waals surface area contributed by atoms with Crippen LogP contribution >= 0.6 is 0 Å². The average Bonchev–Trinajstić information content (AvgIpc) is 0.755. The van der Waals surface area contributed by atoms with Gasteiger partial charge >= 0.3 is 0 Å². The molecule has 0 aliphatic heterocycles. The maximum atomic E-state index is 14.4. The van der Waals surface area contributed by atoms with Crippen LogP contribution < -0.4 is 40.2 Å². The van der Waals surface area contributed by atoms with Crippen LogP contribution in [-0.2, 0) is 44.9 Å². The van der Waals surface area contributed by atoms with Crippen molar-refractivity contribution in [2.75, 3.05) is 130 Å². The highest BCUT2D eigenvalue weighted by molar-refractivity contribution is 6.03. The Hall–Kier alpha value is -15.0. The molecule has 0 amide bonds. The van der Waals surface area contributed by atoms with Crippen molar-refractivity contribution >= 4 is 112 Å². The number of ether oxygens (including phenoxy) is 4. The largest absolute Gasteiger partial charge is 0.494 e. The molecule has 12 rings (SSSR count). The van der Waals surface area contributed by atoms with Crippen LogP contribution in [0.25, 0.3) is 43.6 Å². The molecule has 0 saturated carbocycles. The Bertz CT molecular complexity index is 8450. The number of hydrogen-bond acceptors (Lipinski definition) is 24. The summed E-state index contributed by atoms with van der Waals surface area (Å²) < 4.78 is 378. The molecule has 680 valence electrons. The number of nitrogens with one attached hydrogen (secondary N) is 4. The second-order valence-electron chi connectivity index (χ2n) is 28.2. The Morgan fingerprint density at radius 2 is 0.689 bits per heavy atom. The molecule has 0 fully saturated rings. The van der Waals surface area contributed by atoms with Crippen molar-refractivity contribution in [3.8, 4) is 47.3 Å². The number of hydrogen-bond donors (Lipinski definition) is 4. The van der Waals surface area contributed by atoms with Crippen LogP contribution in [-0.4, -0.2) is 171 Å². The number of ketones is 4. The highest BCUT2D eigenvalue weighted by Gasteiger charge is 2.23. The van der Waals surface area contributed by atoms with Gasteiger partial charge in [0.2, 0.25) is 0 Å². The summed E-state index contributed by atoms with van der Waals surface area (Å²) in [6.07, 6.45) is 6.20. The van der Waals surface area contributed by atoms with Gasteiger partial charge in [0.05, 0.1) is 121 Å². The summed E-state index contributed by atoms with van der Waals surface area (Å²) >= 11 is 0. The van der Waals surface area contributed by atoms with Gasteiger partial charge in [-0.05, 0) is 255 Å². The molecule has 0 saturated heterocycles. The second kappa shape index (κ2) is 48.9. The molecule has 0 radical (unpaired) electrons. The van der Waals surface area contributed by atoms with E-state index in [9.17, 15) is 57.8 Å². The zero-order chi connectivity index (χ0) is 129. The predicted octanol–water partition coefficient (Wildman–Crippen LogP) is 19.7. The molecule has 0 atom stereocenters. The summed E-state index contributed by atoms with van der Waals surface area (Å²) in [6.45, 7) is -15.5. The predicted molar refractivity (Wildman–Crippen MR) is 514 cm³/mol. The van der Waals surface area contributed by atoms with Crippen molar-refractivity contribution in [1.82, 2.24) is 39.5 Å². The van der Waals surface area contributed by atoms with Crippen molar-refractivity contribution in [1.29, 1.82) is 21.0 Å². The number of nitriles is 4. The molecule has 24 nitrogen and oxygen atoms in total. The van der Waals surface area contributed by atoms with Crippen molar-refractivity contribution in [3.05, 3.63) is 284 Å². The molecule has 12 aromatic rings. The van der Waals surface area contributed by atoms with Gasteiger partial charge in [-0.15, -0.1) is 0 Å². The quantitative estimate of drug-likeness (QED) is 0.0209. The van der Waals surface area contributed by atoms with Crippen LogP contribution in [0.4, 0.5) is 63.1 Å². The van der Waals surface area contributed by atoms with E-state index in [0.29, 0.717) is 68.9 Å². The molecule has 8 aromatic carbocycles. The molecule has 28 heteroatoms. The van der Waals surface area contributed by atoms with Gasteiger partial charge in [-0.2, -0.15) is 21.0 Å². The van der Waals surface area contributed by atoms with Gasteiger partial charge in [0.25, 0.3) is 0 Å². The Kier molecular flexibility index (Phi) is 22.0. The van der Waals surface area contributed by atoms with Gasteiger partial charge in [-0.3, -0.25) is 39.1 Å². The van der Waals surface area contributed by atoms with E-state index in [4.69, 9.17) is 71.0 Å². The minimum Gasteiger partial charge on any atom is -0.494 e. The SMILES string of the molecule is [2H]/C(=C\C(=O)Cc1cc2c(Nc3c([2H])c([2H])c(F)c(C)c3[2H])c(C#N)cnc2cc1OC([2H])([2H])C([2H])([2H])[2H])C([2H])([2H])N(C)C([2H])([2H])[2H].[2H]/C(=C\C(=O)Cc1cc2c(Nc3c([2H])c([2H])c(F)c(C)c3[2H])c(C#N)cnc2cc1OC([2H])([2H])C)C([2H])([2H])N(C)C([2H])([2H])[2H].[2H]/C(=C\C(=O)Cc1cc2c(Nc3c([2H])c([2H])c(F)c(C)c3[2H])c(C#N)cnc2cc1OCC)C([2H])([2H])N(C)C([2H])([2H])[2H].[2H]/C(=C\CN(C)C)C(=O)Cc1cc2c(Nc3c([2H])c([2H])c(F)c(C)c3[2H])c(C#N)cnc2cc1OCC. The topological polar surface area (TPSA) is 313 Å². The lowest BCUT2D eigenvalue weighted by molar-refractivity contribution is -0.114. The van der Waals surface area contributed by atoms with Gasteiger partial charge < -0.3 is 59.8 Å². The number of allylic oxidation sites excluding steroid dienone is 4. The van der Waals surface area contributed by atoms with Crippen LogP contribution in [0.3, 0.4) is 0 Å². The van der Waals surface area contributed by atoms with Crippen LogP contribution in [0, 0.1) is 96.3 Å². The van der Waals surface area contributed by atoms with Crippen LogP contribution in [0.5, 0.6) is 23.0 Å². The van der Waals surface area contributed by atoms with E-state index in [2.05, 4.69) is 41.2 Å². The Labute approximate surface area is 821 Å². The Morgan fingerprint density at radius 3 is 0.939 bits per heavy atom. The number of benzene rings is 8. The van der Waals surface area contributed by atoms with Gasteiger partial charge in [0.1, 0.15) is 70.5 Å². The number of nitrogens with zero attached hydrogens (tertiary/aromatic N) is 12. The standard InChI is InChI=1S/4C26H27FN4O2/c4*1-5-33-25-14-24-22(13-18(25)12-21(32)7-6-10-31(3)4)26(19(15-28)16-29-24)30-20-8-9-23(27)17(2)11-20/h4*6-9,11,13-14,16H,5,10,12H2,1-4H3,(H,29,30)/b4*7-6+/i1D3,3D3,5D2,6D,8D,9D,10D2,11D;3D3,5D2,6D,8D,9D,10D2,11D;3D3,6D,8D,9D,10D2,11D;7D,8D,9D,11D. The maximum absolute atomic E-state index is 14.4. The first-order valence-corrected chi connectivity index (χ1v) is 39.3. The first kappa shape index (κ1) is 59.2. The maximum Gasteiger partial charge on any atom is 0.159 e. The number of anilines is 8. The molecular weight excluding hydrogens is 1680 g/mol. The molecule has 0 bridgehead atoms. The third-order valence-corrected chi connectivity index (χ3v) is 18.0. The molecule has 4 heterocycles. The lowest BCUT2D eigenvalue weighted by Gasteiger charge is -2.15. The van der Waals surface area contributed by atoms with E-state index in [1.165, 1.54) is 70.4 Å². The van der Waals surface area contributed by atoms with Crippen LogP contribution in [0.2, 0.25) is 0 Å². The van der Waals surface area contributed by atoms with Crippen LogP contribution in [0.15, 0.2) is 194 Å². The molecular formula is C104H108F4N16O8. The molecule has 0 aliphatic rings. The molecule has 0 spiro atoms. The minimum absolute atomic E-state index is 0.00602. The summed E-state index contributed by atoms with van der Waals surface area (Å²) in [7, 11) is 6.45. The molecule has 4 aromatic heterocycles. The average molecular weight is 1820 g/mol.